The van der Waals surface area contributed by atoms with E-state index in [0.717, 1.165) is 12.5 Å². The summed E-state index contributed by atoms with van der Waals surface area (Å²) >= 11 is 0. The number of amides is 2. The number of fused-ring (bicyclic) bond motifs is 1. The van der Waals surface area contributed by atoms with Crippen molar-refractivity contribution in [3.8, 4) is 16.9 Å². The lowest BCUT2D eigenvalue weighted by Crippen LogP contribution is -2.34. The Balaban J connectivity index is 1.41. The van der Waals surface area contributed by atoms with Gasteiger partial charge in [-0.3, -0.25) is 0 Å². The summed E-state index contributed by atoms with van der Waals surface area (Å²) in [5, 5.41) is 2.90. The molecule has 1 atom stereocenters. The Hall–Kier alpha value is -3.94. The first kappa shape index (κ1) is 20.9. The highest BCUT2D eigenvalue weighted by molar-refractivity contribution is 5.91. The lowest BCUT2D eigenvalue weighted by molar-refractivity contribution is 0.198. The molecule has 0 spiro atoms. The number of aromatic nitrogens is 1. The van der Waals surface area contributed by atoms with Crippen LogP contribution in [-0.4, -0.2) is 29.6 Å². The number of anilines is 1. The van der Waals surface area contributed by atoms with Crippen molar-refractivity contribution in [2.24, 2.45) is 0 Å². The SMILES string of the molecule is COc1ccccc1NC(=O)N1CCC[C@H]1c1nc2cc(-c3ccc(F)cc3F)ccc2o1. The number of urea groups is 1. The summed E-state index contributed by atoms with van der Waals surface area (Å²) in [6.07, 6.45) is 1.53. The largest absolute Gasteiger partial charge is 0.495 e. The minimum Gasteiger partial charge on any atom is -0.495 e. The zero-order chi connectivity index (χ0) is 22.9. The number of carbonyl (C=O) groups excluding carboxylic acids is 1. The summed E-state index contributed by atoms with van der Waals surface area (Å²) in [7, 11) is 1.55. The zero-order valence-corrected chi connectivity index (χ0v) is 17.8. The van der Waals surface area contributed by atoms with Crippen LogP contribution >= 0.6 is 0 Å². The third-order valence-corrected chi connectivity index (χ3v) is 5.79. The Morgan fingerprint density at radius 3 is 2.82 bits per heavy atom. The van der Waals surface area contributed by atoms with Gasteiger partial charge in [0.2, 0.25) is 5.89 Å². The van der Waals surface area contributed by atoms with E-state index in [4.69, 9.17) is 9.15 Å². The van der Waals surface area contributed by atoms with Crippen LogP contribution in [0.25, 0.3) is 22.2 Å². The zero-order valence-electron chi connectivity index (χ0n) is 17.8. The molecule has 2 heterocycles. The average molecular weight is 449 g/mol. The number of carbonyl (C=O) groups is 1. The van der Waals surface area contributed by atoms with Gasteiger partial charge in [0, 0.05) is 18.2 Å². The van der Waals surface area contributed by atoms with E-state index in [9.17, 15) is 13.6 Å². The average Bonchev–Trinajstić information content (AvgIpc) is 3.46. The topological polar surface area (TPSA) is 67.6 Å². The van der Waals surface area contributed by atoms with Crippen molar-refractivity contribution < 1.29 is 22.7 Å². The number of para-hydroxylation sites is 2. The maximum Gasteiger partial charge on any atom is 0.322 e. The number of benzene rings is 3. The first-order chi connectivity index (χ1) is 16.0. The first-order valence-corrected chi connectivity index (χ1v) is 10.6. The van der Waals surface area contributed by atoms with E-state index in [0.29, 0.717) is 47.0 Å². The van der Waals surface area contributed by atoms with Crippen LogP contribution < -0.4 is 10.1 Å². The summed E-state index contributed by atoms with van der Waals surface area (Å²) in [5.74, 6) is -0.278. The molecule has 1 saturated heterocycles. The third-order valence-electron chi connectivity index (χ3n) is 5.79. The molecule has 0 bridgehead atoms. The summed E-state index contributed by atoms with van der Waals surface area (Å²) in [5.41, 5.74) is 2.51. The molecule has 0 unspecified atom stereocenters. The van der Waals surface area contributed by atoms with Crippen LogP contribution in [0.15, 0.2) is 65.1 Å². The van der Waals surface area contributed by atoms with Gasteiger partial charge in [0.15, 0.2) is 5.58 Å². The number of nitrogens with zero attached hydrogens (tertiary/aromatic N) is 2. The minimum atomic E-state index is -0.645. The molecule has 1 aliphatic heterocycles. The van der Waals surface area contributed by atoms with E-state index in [1.807, 2.05) is 12.1 Å². The van der Waals surface area contributed by atoms with Crippen LogP contribution in [-0.2, 0) is 0 Å². The predicted octanol–water partition coefficient (Wildman–Crippen LogP) is 6.15. The normalized spacial score (nSPS) is 15.7. The van der Waals surface area contributed by atoms with Gasteiger partial charge in [-0.25, -0.2) is 18.6 Å². The first-order valence-electron chi connectivity index (χ1n) is 10.6. The highest BCUT2D eigenvalue weighted by atomic mass is 19.1. The van der Waals surface area contributed by atoms with Gasteiger partial charge in [-0.2, -0.15) is 0 Å². The quantitative estimate of drug-likeness (QED) is 0.406. The van der Waals surface area contributed by atoms with Gasteiger partial charge in [0.05, 0.1) is 12.8 Å². The van der Waals surface area contributed by atoms with Crippen LogP contribution in [0.3, 0.4) is 0 Å². The van der Waals surface area contributed by atoms with Gasteiger partial charge in [0.25, 0.3) is 0 Å². The van der Waals surface area contributed by atoms with Crippen molar-refractivity contribution in [2.45, 2.75) is 18.9 Å². The number of rotatable bonds is 4. The summed E-state index contributed by atoms with van der Waals surface area (Å²) < 4.78 is 38.7. The Labute approximate surface area is 188 Å². The number of nitrogens with one attached hydrogen (secondary N) is 1. The number of oxazole rings is 1. The Kier molecular flexibility index (Phi) is 5.42. The standard InChI is InChI=1S/C25H21F2N3O3/c1-32-22-7-3-2-5-19(22)29-25(31)30-12-4-6-21(30)24-28-20-13-15(8-11-23(20)33-24)17-10-9-16(26)14-18(17)27/h2-3,5,7-11,13-14,21H,4,6,12H2,1H3,(H,29,31)/t21-/m0/s1. The van der Waals surface area contributed by atoms with Gasteiger partial charge < -0.3 is 19.4 Å². The smallest absolute Gasteiger partial charge is 0.322 e. The molecule has 1 N–H and O–H groups in total. The molecule has 0 radical (unpaired) electrons. The number of methoxy groups -OCH3 is 1. The second-order valence-electron chi connectivity index (χ2n) is 7.84. The fraction of sp³-hybridized carbons (Fsp3) is 0.200. The van der Waals surface area contributed by atoms with Crippen molar-refractivity contribution in [1.82, 2.24) is 9.88 Å². The molecule has 0 saturated carbocycles. The minimum absolute atomic E-state index is 0.265. The van der Waals surface area contributed by atoms with Crippen LogP contribution in [0.5, 0.6) is 5.75 Å². The van der Waals surface area contributed by atoms with Crippen molar-refractivity contribution >= 4 is 22.8 Å². The number of hydrogen-bond acceptors (Lipinski definition) is 4. The van der Waals surface area contributed by atoms with E-state index < -0.39 is 11.6 Å². The van der Waals surface area contributed by atoms with Crippen LogP contribution in [0.2, 0.25) is 0 Å². The highest BCUT2D eigenvalue weighted by Gasteiger charge is 2.34. The molecule has 33 heavy (non-hydrogen) atoms. The summed E-state index contributed by atoms with van der Waals surface area (Å²) in [4.78, 5) is 19.3. The lowest BCUT2D eigenvalue weighted by atomic mass is 10.0. The summed E-state index contributed by atoms with van der Waals surface area (Å²) in [6.45, 7) is 0.566. The molecular weight excluding hydrogens is 428 g/mol. The van der Waals surface area contributed by atoms with E-state index in [-0.39, 0.29) is 17.6 Å². The molecule has 6 nitrogen and oxygen atoms in total. The van der Waals surface area contributed by atoms with Gasteiger partial charge in [-0.05, 0) is 54.8 Å². The molecule has 4 aromatic rings. The Bertz CT molecular complexity index is 1340. The van der Waals surface area contributed by atoms with Gasteiger partial charge >= 0.3 is 6.03 Å². The number of ether oxygens (including phenoxy) is 1. The second-order valence-corrected chi connectivity index (χ2v) is 7.84. The Morgan fingerprint density at radius 2 is 2.00 bits per heavy atom. The summed E-state index contributed by atoms with van der Waals surface area (Å²) in [6, 6.07) is 15.2. The van der Waals surface area contributed by atoms with Gasteiger partial charge in [-0.1, -0.05) is 18.2 Å². The van der Waals surface area contributed by atoms with Gasteiger partial charge in [0.1, 0.15) is 28.9 Å². The predicted molar refractivity (Wildman–Crippen MR) is 120 cm³/mol. The molecule has 168 valence electrons. The molecule has 1 aliphatic rings. The lowest BCUT2D eigenvalue weighted by Gasteiger charge is -2.23. The van der Waals surface area contributed by atoms with Crippen molar-refractivity contribution in [2.75, 3.05) is 19.0 Å². The highest BCUT2D eigenvalue weighted by Crippen LogP contribution is 2.35. The molecule has 2 amide bonds. The maximum atomic E-state index is 14.2. The molecule has 8 heteroatoms. The van der Waals surface area contributed by atoms with Crippen molar-refractivity contribution in [3.05, 3.63) is 78.2 Å². The van der Waals surface area contributed by atoms with Crippen molar-refractivity contribution in [1.29, 1.82) is 0 Å². The van der Waals surface area contributed by atoms with Crippen molar-refractivity contribution in [3.63, 3.8) is 0 Å². The van der Waals surface area contributed by atoms with Crippen LogP contribution in [0, 0.1) is 11.6 Å². The van der Waals surface area contributed by atoms with E-state index >= 15 is 0 Å². The monoisotopic (exact) mass is 449 g/mol. The molecule has 1 fully saturated rings. The van der Waals surface area contributed by atoms with E-state index in [2.05, 4.69) is 10.3 Å². The van der Waals surface area contributed by atoms with Crippen LogP contribution in [0.1, 0.15) is 24.8 Å². The van der Waals surface area contributed by atoms with E-state index in [1.165, 1.54) is 12.1 Å². The van der Waals surface area contributed by atoms with Crippen LogP contribution in [0.4, 0.5) is 19.3 Å². The Morgan fingerprint density at radius 1 is 1.15 bits per heavy atom. The number of likely N-dealkylation sites (tertiary alicyclic amines) is 1. The molecular formula is C25H21F2N3O3. The second kappa shape index (κ2) is 8.54. The molecule has 1 aromatic heterocycles. The van der Waals surface area contributed by atoms with Gasteiger partial charge in [-0.15, -0.1) is 0 Å². The number of halogens is 2. The fourth-order valence-electron chi connectivity index (χ4n) is 4.18. The third kappa shape index (κ3) is 4.00. The number of hydrogen-bond donors (Lipinski definition) is 1. The van der Waals surface area contributed by atoms with E-state index in [1.54, 1.807) is 42.3 Å². The molecule has 0 aliphatic carbocycles. The maximum absolute atomic E-state index is 14.2. The molecule has 5 rings (SSSR count). The molecule has 3 aromatic carbocycles. The fourth-order valence-corrected chi connectivity index (χ4v) is 4.18.